The largest absolute Gasteiger partial charge is 0.573 e. The van der Waals surface area contributed by atoms with Crippen LogP contribution in [0, 0.1) is 0 Å². The normalized spacial score (nSPS) is 14.5. The Morgan fingerprint density at radius 2 is 2.00 bits per heavy atom. The summed E-state index contributed by atoms with van der Waals surface area (Å²) >= 11 is 5.67. The molecule has 19 heavy (non-hydrogen) atoms. The lowest BCUT2D eigenvalue weighted by Gasteiger charge is -2.18. The van der Waals surface area contributed by atoms with E-state index in [1.807, 2.05) is 0 Å². The second kappa shape index (κ2) is 7.19. The number of rotatable bonds is 4. The van der Waals surface area contributed by atoms with Crippen molar-refractivity contribution in [1.29, 1.82) is 0 Å². The van der Waals surface area contributed by atoms with Crippen LogP contribution in [0.3, 0.4) is 0 Å². The van der Waals surface area contributed by atoms with E-state index in [0.717, 1.165) is 6.07 Å². The number of nitrogens with two attached hydrogens (primary N) is 1. The fraction of sp³-hybridized carbons (Fsp3) is 0.455. The van der Waals surface area contributed by atoms with Crippen LogP contribution in [0.5, 0.6) is 5.75 Å². The molecule has 0 unspecified atom stereocenters. The van der Waals surface area contributed by atoms with Gasteiger partial charge in [0.05, 0.1) is 17.2 Å². The third-order valence-electron chi connectivity index (χ3n) is 2.40. The Kier molecular flexibility index (Phi) is 6.93. The van der Waals surface area contributed by atoms with Crippen molar-refractivity contribution in [2.24, 2.45) is 5.73 Å². The first-order valence-corrected chi connectivity index (χ1v) is 5.61. The number of aliphatic hydroxyl groups excluding tert-OH is 1. The van der Waals surface area contributed by atoms with E-state index in [1.54, 1.807) is 6.92 Å². The lowest BCUT2D eigenvalue weighted by atomic mass is 10.0. The summed E-state index contributed by atoms with van der Waals surface area (Å²) in [5.41, 5.74) is 6.17. The Labute approximate surface area is 119 Å². The van der Waals surface area contributed by atoms with E-state index >= 15 is 0 Å². The van der Waals surface area contributed by atoms with Gasteiger partial charge in [0.15, 0.2) is 0 Å². The summed E-state index contributed by atoms with van der Waals surface area (Å²) in [6.07, 6.45) is -5.15. The first-order chi connectivity index (χ1) is 8.24. The third-order valence-corrected chi connectivity index (χ3v) is 2.69. The second-order valence-corrected chi connectivity index (χ2v) is 4.15. The average molecular weight is 320 g/mol. The molecule has 2 atom stereocenters. The molecule has 0 aromatic heterocycles. The van der Waals surface area contributed by atoms with E-state index in [2.05, 4.69) is 4.74 Å². The zero-order valence-corrected chi connectivity index (χ0v) is 11.5. The Balaban J connectivity index is 0.00000324. The minimum atomic E-state index is -4.80. The van der Waals surface area contributed by atoms with Crippen LogP contribution < -0.4 is 10.5 Å². The highest BCUT2D eigenvalue weighted by Gasteiger charge is 2.32. The SMILES string of the molecule is CC[C@H](O)[C@H](N)c1ccc(OC(F)(F)F)c(Cl)c1.Cl. The lowest BCUT2D eigenvalue weighted by Crippen LogP contribution is -2.25. The summed E-state index contributed by atoms with van der Waals surface area (Å²) in [7, 11) is 0. The number of hydrogen-bond acceptors (Lipinski definition) is 3. The minimum absolute atomic E-state index is 0. The molecule has 0 fully saturated rings. The number of aliphatic hydroxyl groups is 1. The molecule has 3 N–H and O–H groups in total. The molecule has 0 radical (unpaired) electrons. The van der Waals surface area contributed by atoms with E-state index in [4.69, 9.17) is 17.3 Å². The number of alkyl halides is 3. The van der Waals surface area contributed by atoms with Crippen LogP contribution >= 0.6 is 24.0 Å². The number of halogens is 5. The molecule has 1 rings (SSSR count). The molecule has 0 spiro atoms. The molecule has 0 heterocycles. The highest BCUT2D eigenvalue weighted by atomic mass is 35.5. The van der Waals surface area contributed by atoms with Gasteiger partial charge in [-0.2, -0.15) is 0 Å². The van der Waals surface area contributed by atoms with Crippen LogP contribution in [0.2, 0.25) is 5.02 Å². The quantitative estimate of drug-likeness (QED) is 0.894. The van der Waals surface area contributed by atoms with Crippen molar-refractivity contribution < 1.29 is 23.0 Å². The topological polar surface area (TPSA) is 55.5 Å². The molecule has 1 aromatic carbocycles. The van der Waals surface area contributed by atoms with Gasteiger partial charge in [-0.1, -0.05) is 24.6 Å². The van der Waals surface area contributed by atoms with Crippen LogP contribution in [-0.2, 0) is 0 Å². The van der Waals surface area contributed by atoms with Crippen LogP contribution in [0.25, 0.3) is 0 Å². The van der Waals surface area contributed by atoms with Crippen molar-refractivity contribution in [3.8, 4) is 5.75 Å². The van der Waals surface area contributed by atoms with Crippen molar-refractivity contribution in [3.63, 3.8) is 0 Å². The number of ether oxygens (including phenoxy) is 1. The van der Waals surface area contributed by atoms with Gasteiger partial charge in [-0.05, 0) is 24.1 Å². The Hall–Kier alpha value is -0.690. The summed E-state index contributed by atoms with van der Waals surface area (Å²) in [6, 6.07) is 2.98. The molecular weight excluding hydrogens is 306 g/mol. The Morgan fingerprint density at radius 1 is 1.42 bits per heavy atom. The van der Waals surface area contributed by atoms with Crippen LogP contribution in [0.15, 0.2) is 18.2 Å². The molecule has 0 aliphatic heterocycles. The fourth-order valence-corrected chi connectivity index (χ4v) is 1.64. The van der Waals surface area contributed by atoms with Crippen molar-refractivity contribution in [1.82, 2.24) is 0 Å². The van der Waals surface area contributed by atoms with E-state index in [0.29, 0.717) is 12.0 Å². The smallest absolute Gasteiger partial charge is 0.404 e. The fourth-order valence-electron chi connectivity index (χ4n) is 1.41. The van der Waals surface area contributed by atoms with Crippen molar-refractivity contribution in [3.05, 3.63) is 28.8 Å². The van der Waals surface area contributed by atoms with Gasteiger partial charge in [-0.25, -0.2) is 0 Å². The van der Waals surface area contributed by atoms with Gasteiger partial charge in [-0.15, -0.1) is 25.6 Å². The molecule has 0 aliphatic rings. The molecular formula is C11H14Cl2F3NO2. The zero-order valence-electron chi connectivity index (χ0n) is 9.95. The lowest BCUT2D eigenvalue weighted by molar-refractivity contribution is -0.274. The summed E-state index contributed by atoms with van der Waals surface area (Å²) in [5, 5.41) is 9.34. The predicted molar refractivity (Wildman–Crippen MR) is 68.6 cm³/mol. The van der Waals surface area contributed by atoms with Crippen molar-refractivity contribution >= 4 is 24.0 Å². The maximum atomic E-state index is 12.0. The summed E-state index contributed by atoms with van der Waals surface area (Å²) in [6.45, 7) is 1.74. The molecule has 0 saturated heterocycles. The molecule has 3 nitrogen and oxygen atoms in total. The van der Waals surface area contributed by atoms with Gasteiger partial charge in [-0.3, -0.25) is 0 Å². The van der Waals surface area contributed by atoms with Crippen molar-refractivity contribution in [2.75, 3.05) is 0 Å². The standard InChI is InChI=1S/C11H13ClF3NO2.ClH/c1-2-8(17)10(16)6-3-4-9(7(12)5-6)18-11(13,14)15;/h3-5,8,10,17H,2,16H2,1H3;1H/t8-,10+;/m0./s1. The summed E-state index contributed by atoms with van der Waals surface area (Å²) in [5.74, 6) is -0.494. The monoisotopic (exact) mass is 319 g/mol. The highest BCUT2D eigenvalue weighted by Crippen LogP contribution is 2.32. The molecule has 0 bridgehead atoms. The molecule has 1 aromatic rings. The molecule has 0 aliphatic carbocycles. The van der Waals surface area contributed by atoms with E-state index in [-0.39, 0.29) is 17.4 Å². The molecule has 110 valence electrons. The molecule has 8 heteroatoms. The maximum Gasteiger partial charge on any atom is 0.573 e. The van der Waals surface area contributed by atoms with Gasteiger partial charge in [0, 0.05) is 0 Å². The van der Waals surface area contributed by atoms with Gasteiger partial charge in [0.25, 0.3) is 0 Å². The predicted octanol–water partition coefficient (Wildman–Crippen LogP) is 3.43. The number of hydrogen-bond donors (Lipinski definition) is 2. The van der Waals surface area contributed by atoms with E-state index in [9.17, 15) is 18.3 Å². The van der Waals surface area contributed by atoms with Gasteiger partial charge >= 0.3 is 6.36 Å². The number of benzene rings is 1. The summed E-state index contributed by atoms with van der Waals surface area (Å²) < 4.78 is 39.8. The second-order valence-electron chi connectivity index (χ2n) is 3.74. The van der Waals surface area contributed by atoms with Crippen LogP contribution in [-0.4, -0.2) is 17.6 Å². The Bertz CT molecular complexity index is 415. The zero-order chi connectivity index (χ0) is 13.9. The van der Waals surface area contributed by atoms with Gasteiger partial charge < -0.3 is 15.6 Å². The van der Waals surface area contributed by atoms with Crippen molar-refractivity contribution in [2.45, 2.75) is 31.9 Å². The first kappa shape index (κ1) is 18.3. The molecule has 0 saturated carbocycles. The minimum Gasteiger partial charge on any atom is -0.404 e. The van der Waals surface area contributed by atoms with E-state index < -0.39 is 24.3 Å². The Morgan fingerprint density at radius 3 is 2.42 bits per heavy atom. The van der Waals surface area contributed by atoms with Gasteiger partial charge in [0.2, 0.25) is 0 Å². The first-order valence-electron chi connectivity index (χ1n) is 5.23. The van der Waals surface area contributed by atoms with Crippen LogP contribution in [0.4, 0.5) is 13.2 Å². The van der Waals surface area contributed by atoms with Gasteiger partial charge in [0.1, 0.15) is 5.75 Å². The van der Waals surface area contributed by atoms with E-state index in [1.165, 1.54) is 12.1 Å². The average Bonchev–Trinajstić information content (AvgIpc) is 2.28. The highest BCUT2D eigenvalue weighted by molar-refractivity contribution is 6.32. The maximum absolute atomic E-state index is 12.0. The summed E-state index contributed by atoms with van der Waals surface area (Å²) in [4.78, 5) is 0. The van der Waals surface area contributed by atoms with Crippen LogP contribution in [0.1, 0.15) is 24.9 Å². The molecule has 0 amide bonds. The third kappa shape index (κ3) is 5.44.